The Morgan fingerprint density at radius 3 is 2.83 bits per heavy atom. The summed E-state index contributed by atoms with van der Waals surface area (Å²) in [5, 5.41) is 2.83. The van der Waals surface area contributed by atoms with E-state index in [9.17, 15) is 4.79 Å². The lowest BCUT2D eigenvalue weighted by Gasteiger charge is -2.16. The predicted molar refractivity (Wildman–Crippen MR) is 95.4 cm³/mol. The summed E-state index contributed by atoms with van der Waals surface area (Å²) >= 11 is 0. The van der Waals surface area contributed by atoms with Crippen molar-refractivity contribution in [3.8, 4) is 5.75 Å². The number of benzene rings is 2. The van der Waals surface area contributed by atoms with Crippen LogP contribution in [0.2, 0.25) is 0 Å². The van der Waals surface area contributed by atoms with E-state index >= 15 is 0 Å². The molecule has 0 radical (unpaired) electrons. The maximum absolute atomic E-state index is 11.5. The summed E-state index contributed by atoms with van der Waals surface area (Å²) in [6.07, 6.45) is 5.91. The van der Waals surface area contributed by atoms with Gasteiger partial charge in [0.15, 0.2) is 0 Å². The van der Waals surface area contributed by atoms with Crippen LogP contribution in [-0.4, -0.2) is 5.91 Å². The number of nitrogens with one attached hydrogen (secondary N) is 1. The topological polar surface area (TPSA) is 38.3 Å². The van der Waals surface area contributed by atoms with E-state index in [1.54, 1.807) is 0 Å². The van der Waals surface area contributed by atoms with E-state index in [2.05, 4.69) is 36.2 Å². The molecule has 1 amide bonds. The first-order valence-corrected chi connectivity index (χ1v) is 8.56. The van der Waals surface area contributed by atoms with Crippen LogP contribution in [0.1, 0.15) is 48.0 Å². The van der Waals surface area contributed by atoms with Crippen molar-refractivity contribution in [3.63, 3.8) is 0 Å². The summed E-state index contributed by atoms with van der Waals surface area (Å²) in [7, 11) is 0. The van der Waals surface area contributed by atoms with Gasteiger partial charge in [-0.15, -0.1) is 0 Å². The maximum Gasteiger partial charge on any atom is 0.247 e. The first-order chi connectivity index (χ1) is 11.7. The van der Waals surface area contributed by atoms with Gasteiger partial charge < -0.3 is 10.1 Å². The van der Waals surface area contributed by atoms with Gasteiger partial charge in [0.05, 0.1) is 0 Å². The van der Waals surface area contributed by atoms with Crippen LogP contribution in [0.4, 0.5) is 5.69 Å². The minimum atomic E-state index is -0.192. The number of carbonyl (C=O) groups excluding carboxylic acids is 1. The summed E-state index contributed by atoms with van der Waals surface area (Å²) in [4.78, 5) is 11.5. The van der Waals surface area contributed by atoms with E-state index in [0.29, 0.717) is 0 Å². The number of aryl methyl sites for hydroxylation is 1. The molecule has 1 saturated carbocycles. The number of hydrogen-bond acceptors (Lipinski definition) is 2. The molecule has 1 unspecified atom stereocenters. The molecule has 0 aromatic heterocycles. The van der Waals surface area contributed by atoms with Crippen molar-refractivity contribution in [2.24, 2.45) is 0 Å². The molecule has 1 fully saturated rings. The Morgan fingerprint density at radius 1 is 1.17 bits per heavy atom. The smallest absolute Gasteiger partial charge is 0.247 e. The van der Waals surface area contributed by atoms with Gasteiger partial charge in [0, 0.05) is 5.69 Å². The summed E-state index contributed by atoms with van der Waals surface area (Å²) in [5.41, 5.74) is 4.65. The second-order valence-electron chi connectivity index (χ2n) is 6.60. The van der Waals surface area contributed by atoms with Crippen LogP contribution in [0.15, 0.2) is 55.1 Å². The molecule has 4 rings (SSSR count). The third-order valence-corrected chi connectivity index (χ3v) is 4.81. The number of fused-ring (bicyclic) bond motifs is 1. The number of carbonyl (C=O) groups is 1. The lowest BCUT2D eigenvalue weighted by atomic mass is 10.1. The molecule has 0 saturated heterocycles. The number of hydrogen-bond donors (Lipinski definition) is 1. The van der Waals surface area contributed by atoms with Crippen molar-refractivity contribution in [2.75, 3.05) is 5.32 Å². The van der Waals surface area contributed by atoms with Crippen molar-refractivity contribution < 1.29 is 9.53 Å². The zero-order chi connectivity index (χ0) is 16.5. The molecule has 0 aliphatic heterocycles. The van der Waals surface area contributed by atoms with E-state index in [1.165, 1.54) is 35.6 Å². The van der Waals surface area contributed by atoms with Crippen LogP contribution in [0.25, 0.3) is 0 Å². The minimum absolute atomic E-state index is 0.0510. The van der Waals surface area contributed by atoms with Gasteiger partial charge >= 0.3 is 0 Å². The molecule has 24 heavy (non-hydrogen) atoms. The Labute approximate surface area is 142 Å². The van der Waals surface area contributed by atoms with Crippen molar-refractivity contribution in [1.82, 2.24) is 0 Å². The molecule has 2 aromatic rings. The SMILES string of the molecule is C=CC(=O)Nc1ccc2c(c1)C(Oc1cccc(C3CC3)c1)CC2. The fourth-order valence-electron chi connectivity index (χ4n) is 3.38. The summed E-state index contributed by atoms with van der Waals surface area (Å²) in [6.45, 7) is 3.49. The highest BCUT2D eigenvalue weighted by Gasteiger charge is 2.26. The average molecular weight is 319 g/mol. The zero-order valence-corrected chi connectivity index (χ0v) is 13.6. The quantitative estimate of drug-likeness (QED) is 0.807. The molecule has 2 aromatic carbocycles. The number of rotatable bonds is 5. The van der Waals surface area contributed by atoms with E-state index < -0.39 is 0 Å². The van der Waals surface area contributed by atoms with Crippen molar-refractivity contribution in [3.05, 3.63) is 71.8 Å². The summed E-state index contributed by atoms with van der Waals surface area (Å²) in [5.74, 6) is 1.48. The molecule has 122 valence electrons. The van der Waals surface area contributed by atoms with Crippen molar-refractivity contribution >= 4 is 11.6 Å². The fourth-order valence-corrected chi connectivity index (χ4v) is 3.38. The van der Waals surface area contributed by atoms with Gasteiger partial charge in [-0.05, 0) is 78.6 Å². The molecule has 1 atom stereocenters. The molecular formula is C21H21NO2. The lowest BCUT2D eigenvalue weighted by Crippen LogP contribution is -2.09. The third-order valence-electron chi connectivity index (χ3n) is 4.81. The fraction of sp³-hybridized carbons (Fsp3) is 0.286. The monoisotopic (exact) mass is 319 g/mol. The Bertz CT molecular complexity index is 792. The Hall–Kier alpha value is -2.55. The third kappa shape index (κ3) is 3.07. The van der Waals surface area contributed by atoms with Gasteiger partial charge in [-0.1, -0.05) is 24.8 Å². The second kappa shape index (κ2) is 6.16. The van der Waals surface area contributed by atoms with Crippen molar-refractivity contribution in [1.29, 1.82) is 0 Å². The van der Waals surface area contributed by atoms with Gasteiger partial charge in [0.1, 0.15) is 11.9 Å². The molecule has 1 N–H and O–H groups in total. The lowest BCUT2D eigenvalue weighted by molar-refractivity contribution is -0.111. The van der Waals surface area contributed by atoms with Gasteiger partial charge in [0.25, 0.3) is 0 Å². The van der Waals surface area contributed by atoms with E-state index in [0.717, 1.165) is 30.2 Å². The number of ether oxygens (including phenoxy) is 1. The highest BCUT2D eigenvalue weighted by atomic mass is 16.5. The zero-order valence-electron chi connectivity index (χ0n) is 13.6. The van der Waals surface area contributed by atoms with Crippen LogP contribution in [-0.2, 0) is 11.2 Å². The highest BCUT2D eigenvalue weighted by Crippen LogP contribution is 2.42. The molecule has 0 heterocycles. The van der Waals surface area contributed by atoms with Crippen molar-refractivity contribution in [2.45, 2.75) is 37.7 Å². The molecular weight excluding hydrogens is 298 g/mol. The number of amides is 1. The van der Waals surface area contributed by atoms with Gasteiger partial charge in [-0.3, -0.25) is 4.79 Å². The first kappa shape index (κ1) is 15.0. The summed E-state index contributed by atoms with van der Waals surface area (Å²) < 4.78 is 6.27. The van der Waals surface area contributed by atoms with Crippen LogP contribution in [0, 0.1) is 0 Å². The van der Waals surface area contributed by atoms with Gasteiger partial charge in [-0.2, -0.15) is 0 Å². The second-order valence-corrected chi connectivity index (χ2v) is 6.60. The molecule has 3 nitrogen and oxygen atoms in total. The Balaban J connectivity index is 1.54. The van der Waals surface area contributed by atoms with E-state index in [4.69, 9.17) is 4.74 Å². The standard InChI is InChI=1S/C21H21NO2/c1-2-21(23)22-17-10-8-15-9-11-20(19(15)13-17)24-18-5-3-4-16(12-18)14-6-7-14/h2-5,8,10,12-14,20H,1,6-7,9,11H2,(H,22,23). The predicted octanol–water partition coefficient (Wildman–Crippen LogP) is 4.75. The minimum Gasteiger partial charge on any atom is -0.486 e. The average Bonchev–Trinajstić information content (AvgIpc) is 3.38. The molecule has 0 spiro atoms. The van der Waals surface area contributed by atoms with E-state index in [1.807, 2.05) is 18.2 Å². The Morgan fingerprint density at radius 2 is 2.04 bits per heavy atom. The first-order valence-electron chi connectivity index (χ1n) is 8.56. The molecule has 0 bridgehead atoms. The Kier molecular flexibility index (Phi) is 3.85. The largest absolute Gasteiger partial charge is 0.486 e. The normalized spacial score (nSPS) is 18.8. The molecule has 2 aliphatic carbocycles. The van der Waals surface area contributed by atoms with E-state index in [-0.39, 0.29) is 12.0 Å². The number of anilines is 1. The van der Waals surface area contributed by atoms with Crippen LogP contribution < -0.4 is 10.1 Å². The van der Waals surface area contributed by atoms with Crippen LogP contribution in [0.3, 0.4) is 0 Å². The molecule has 3 heteroatoms. The van der Waals surface area contributed by atoms with Gasteiger partial charge in [-0.25, -0.2) is 0 Å². The maximum atomic E-state index is 11.5. The summed E-state index contributed by atoms with van der Waals surface area (Å²) in [6, 6.07) is 14.5. The van der Waals surface area contributed by atoms with Gasteiger partial charge in [0.2, 0.25) is 5.91 Å². The highest BCUT2D eigenvalue weighted by molar-refractivity contribution is 5.98. The van der Waals surface area contributed by atoms with Crippen LogP contribution in [0.5, 0.6) is 5.75 Å². The molecule has 2 aliphatic rings. The van der Waals surface area contributed by atoms with Crippen LogP contribution >= 0.6 is 0 Å².